The third-order valence-corrected chi connectivity index (χ3v) is 4.74. The second kappa shape index (κ2) is 10.3. The van der Waals surface area contributed by atoms with Crippen LogP contribution in [0.3, 0.4) is 0 Å². The summed E-state index contributed by atoms with van der Waals surface area (Å²) in [6, 6.07) is 7.07. The van der Waals surface area contributed by atoms with Gasteiger partial charge in [-0.3, -0.25) is 14.4 Å². The number of alkyl halides is 1. The van der Waals surface area contributed by atoms with Crippen molar-refractivity contribution in [3.8, 4) is 5.75 Å². The van der Waals surface area contributed by atoms with Crippen molar-refractivity contribution in [2.45, 2.75) is 51.5 Å². The molecule has 0 aliphatic carbocycles. The van der Waals surface area contributed by atoms with Crippen LogP contribution in [0.5, 0.6) is 5.75 Å². The van der Waals surface area contributed by atoms with Gasteiger partial charge in [0.2, 0.25) is 12.4 Å². The number of carbonyl (C=O) groups is 3. The molecule has 0 aromatic heterocycles. The third kappa shape index (κ3) is 6.21. The number of hydrogen-bond donors (Lipinski definition) is 0. The van der Waals surface area contributed by atoms with Gasteiger partial charge >= 0.3 is 17.9 Å². The first kappa shape index (κ1) is 22.7. The Labute approximate surface area is 180 Å². The minimum Gasteiger partial charge on any atom is -0.461 e. The largest absolute Gasteiger partial charge is 0.461 e. The maximum Gasteiger partial charge on any atom is 0.303 e. The average Bonchev–Trinajstić information content (AvgIpc) is 2.60. The summed E-state index contributed by atoms with van der Waals surface area (Å²) in [5.74, 6) is -1.55. The number of rotatable bonds is 6. The number of carbonyl (C=O) groups excluding carboxylic acids is 3. The van der Waals surface area contributed by atoms with Gasteiger partial charge in [0, 0.05) is 24.3 Å². The summed E-state index contributed by atoms with van der Waals surface area (Å²) in [5, 5.41) is 0. The van der Waals surface area contributed by atoms with Crippen LogP contribution in [-0.2, 0) is 33.3 Å². The van der Waals surface area contributed by atoms with Crippen LogP contribution in [0.1, 0.15) is 20.8 Å². The SMILES string of the molecule is CC(=O)OC1C(OC(C)=O)[C@H](OC(C)=O)C(CCl)O[C@H]1Oc1ccc(I)cc1. The monoisotopic (exact) mass is 526 g/mol. The fraction of sp³-hybridized carbons (Fsp3) is 0.500. The van der Waals surface area contributed by atoms with E-state index in [1.807, 2.05) is 12.1 Å². The van der Waals surface area contributed by atoms with E-state index in [0.29, 0.717) is 5.75 Å². The molecule has 8 nitrogen and oxygen atoms in total. The van der Waals surface area contributed by atoms with E-state index < -0.39 is 48.6 Å². The van der Waals surface area contributed by atoms with Gasteiger partial charge in [-0.2, -0.15) is 0 Å². The molecule has 10 heteroatoms. The normalized spacial score (nSPS) is 26.8. The topological polar surface area (TPSA) is 97.4 Å². The molecule has 1 aromatic carbocycles. The van der Waals surface area contributed by atoms with Crippen molar-refractivity contribution in [2.75, 3.05) is 5.88 Å². The molecule has 1 aromatic rings. The maximum absolute atomic E-state index is 11.7. The number of halogens is 2. The van der Waals surface area contributed by atoms with Crippen LogP contribution >= 0.6 is 34.2 Å². The molecule has 3 unspecified atom stereocenters. The van der Waals surface area contributed by atoms with Gasteiger partial charge in [0.15, 0.2) is 12.2 Å². The van der Waals surface area contributed by atoms with Gasteiger partial charge in [-0.1, -0.05) is 0 Å². The summed E-state index contributed by atoms with van der Waals surface area (Å²) in [6.07, 6.45) is -5.39. The summed E-state index contributed by atoms with van der Waals surface area (Å²) < 4.78 is 28.5. The van der Waals surface area contributed by atoms with E-state index in [-0.39, 0.29) is 5.88 Å². The van der Waals surface area contributed by atoms with Crippen LogP contribution < -0.4 is 4.74 Å². The zero-order valence-electron chi connectivity index (χ0n) is 15.4. The number of esters is 3. The second-order valence-corrected chi connectivity index (χ2v) is 7.55. The Kier molecular flexibility index (Phi) is 8.32. The highest BCUT2D eigenvalue weighted by Crippen LogP contribution is 2.31. The number of benzene rings is 1. The molecule has 0 amide bonds. The third-order valence-electron chi connectivity index (χ3n) is 3.72. The maximum atomic E-state index is 11.7. The second-order valence-electron chi connectivity index (χ2n) is 5.99. The smallest absolute Gasteiger partial charge is 0.303 e. The summed E-state index contributed by atoms with van der Waals surface area (Å²) in [6.45, 7) is 3.59. The van der Waals surface area contributed by atoms with Crippen LogP contribution in [0, 0.1) is 3.57 Å². The van der Waals surface area contributed by atoms with Crippen molar-refractivity contribution in [1.82, 2.24) is 0 Å². The van der Waals surface area contributed by atoms with E-state index in [0.717, 1.165) is 3.57 Å². The molecule has 0 spiro atoms. The summed E-state index contributed by atoms with van der Waals surface area (Å²) in [5.41, 5.74) is 0. The van der Waals surface area contributed by atoms with Crippen molar-refractivity contribution in [3.63, 3.8) is 0 Å². The van der Waals surface area contributed by atoms with E-state index in [1.165, 1.54) is 20.8 Å². The van der Waals surface area contributed by atoms with Crippen molar-refractivity contribution >= 4 is 52.1 Å². The minimum absolute atomic E-state index is 0.0744. The van der Waals surface area contributed by atoms with Gasteiger partial charge in [-0.05, 0) is 46.9 Å². The lowest BCUT2D eigenvalue weighted by Gasteiger charge is -2.43. The molecule has 1 fully saturated rings. The van der Waals surface area contributed by atoms with E-state index >= 15 is 0 Å². The van der Waals surface area contributed by atoms with Crippen molar-refractivity contribution in [3.05, 3.63) is 27.8 Å². The highest BCUT2D eigenvalue weighted by molar-refractivity contribution is 14.1. The molecule has 154 valence electrons. The van der Waals surface area contributed by atoms with Gasteiger partial charge in [0.05, 0.1) is 5.88 Å². The molecule has 1 aliphatic heterocycles. The Morgan fingerprint density at radius 1 is 0.929 bits per heavy atom. The molecule has 0 radical (unpaired) electrons. The first-order valence-electron chi connectivity index (χ1n) is 8.36. The minimum atomic E-state index is -1.18. The highest BCUT2D eigenvalue weighted by atomic mass is 127. The zero-order valence-corrected chi connectivity index (χ0v) is 18.3. The summed E-state index contributed by atoms with van der Waals surface area (Å²) in [7, 11) is 0. The highest BCUT2D eigenvalue weighted by Gasteiger charge is 2.52. The summed E-state index contributed by atoms with van der Waals surface area (Å²) >= 11 is 8.13. The first-order chi connectivity index (χ1) is 13.2. The molecule has 2 rings (SSSR count). The van der Waals surface area contributed by atoms with Crippen LogP contribution in [0.25, 0.3) is 0 Å². The molecule has 5 atom stereocenters. The van der Waals surface area contributed by atoms with E-state index in [1.54, 1.807) is 12.1 Å². The Morgan fingerprint density at radius 2 is 1.43 bits per heavy atom. The molecule has 28 heavy (non-hydrogen) atoms. The lowest BCUT2D eigenvalue weighted by atomic mass is 9.98. The van der Waals surface area contributed by atoms with Crippen molar-refractivity contribution < 1.29 is 38.1 Å². The predicted molar refractivity (Wildman–Crippen MR) is 106 cm³/mol. The van der Waals surface area contributed by atoms with Gasteiger partial charge in [-0.25, -0.2) is 0 Å². The fourth-order valence-corrected chi connectivity index (χ4v) is 3.33. The average molecular weight is 527 g/mol. The predicted octanol–water partition coefficient (Wildman–Crippen LogP) is 2.43. The lowest BCUT2D eigenvalue weighted by Crippen LogP contribution is -2.63. The van der Waals surface area contributed by atoms with Gasteiger partial charge < -0.3 is 23.7 Å². The number of ether oxygens (including phenoxy) is 5. The molecule has 0 bridgehead atoms. The van der Waals surface area contributed by atoms with E-state index in [2.05, 4.69) is 22.6 Å². The van der Waals surface area contributed by atoms with Crippen LogP contribution in [-0.4, -0.2) is 54.5 Å². The van der Waals surface area contributed by atoms with Crippen LogP contribution in [0.2, 0.25) is 0 Å². The van der Waals surface area contributed by atoms with Gasteiger partial charge in [0.25, 0.3) is 0 Å². The fourth-order valence-electron chi connectivity index (χ4n) is 2.72. The Morgan fingerprint density at radius 3 is 1.93 bits per heavy atom. The molecule has 1 aliphatic rings. The standard InChI is InChI=1S/C18H20ClIO8/c1-9(21)24-15-14(8-19)28-18(27-13-6-4-12(20)5-7-13)17(26-11(3)23)16(15)25-10(2)22/h4-7,14-18H,8H2,1-3H3/t14?,15-,16?,17?,18-/m1/s1. The number of hydrogen-bond acceptors (Lipinski definition) is 8. The molecular formula is C18H20ClIO8. The summed E-state index contributed by atoms with van der Waals surface area (Å²) in [4.78, 5) is 34.8. The van der Waals surface area contributed by atoms with Crippen LogP contribution in [0.15, 0.2) is 24.3 Å². The van der Waals surface area contributed by atoms with E-state index in [9.17, 15) is 14.4 Å². The Balaban J connectivity index is 2.38. The molecule has 1 heterocycles. The van der Waals surface area contributed by atoms with Crippen LogP contribution in [0.4, 0.5) is 0 Å². The zero-order chi connectivity index (χ0) is 20.8. The van der Waals surface area contributed by atoms with Crippen molar-refractivity contribution in [1.29, 1.82) is 0 Å². The molecule has 0 saturated carbocycles. The molecule has 0 N–H and O–H groups in total. The first-order valence-corrected chi connectivity index (χ1v) is 9.98. The Bertz CT molecular complexity index is 710. The quantitative estimate of drug-likeness (QED) is 0.241. The van der Waals surface area contributed by atoms with E-state index in [4.69, 9.17) is 35.3 Å². The van der Waals surface area contributed by atoms with Gasteiger partial charge in [0.1, 0.15) is 11.9 Å². The van der Waals surface area contributed by atoms with Crippen molar-refractivity contribution in [2.24, 2.45) is 0 Å². The Hall–Kier alpha value is -1.59. The molecule has 1 saturated heterocycles. The lowest BCUT2D eigenvalue weighted by molar-refractivity contribution is -0.279. The molecular weight excluding hydrogens is 507 g/mol. The van der Waals surface area contributed by atoms with Gasteiger partial charge in [-0.15, -0.1) is 11.6 Å².